The second-order valence-electron chi connectivity index (χ2n) is 4.74. The van der Waals surface area contributed by atoms with Crippen molar-refractivity contribution < 1.29 is 4.74 Å². The van der Waals surface area contributed by atoms with Gasteiger partial charge in [-0.2, -0.15) is 5.26 Å². The second kappa shape index (κ2) is 5.79. The normalized spacial score (nSPS) is 10.3. The van der Waals surface area contributed by atoms with E-state index in [1.807, 2.05) is 30.7 Å². The summed E-state index contributed by atoms with van der Waals surface area (Å²) in [6, 6.07) is 8.28. The second-order valence-corrected chi connectivity index (χ2v) is 4.74. The summed E-state index contributed by atoms with van der Waals surface area (Å²) in [5.74, 6) is 1.80. The van der Waals surface area contributed by atoms with E-state index in [4.69, 9.17) is 10.00 Å². The molecule has 104 valence electrons. The van der Waals surface area contributed by atoms with E-state index in [2.05, 4.69) is 24.0 Å². The van der Waals surface area contributed by atoms with Crippen LogP contribution in [0.2, 0.25) is 0 Å². The average Bonchev–Trinajstić information content (AvgIpc) is 2.75. The van der Waals surface area contributed by atoms with E-state index in [0.29, 0.717) is 6.42 Å². The summed E-state index contributed by atoms with van der Waals surface area (Å²) in [5, 5.41) is 8.89. The Kier molecular flexibility index (Phi) is 4.09. The first-order chi connectivity index (χ1) is 9.62. The van der Waals surface area contributed by atoms with Crippen LogP contribution in [-0.4, -0.2) is 16.7 Å². The molecule has 2 rings (SSSR count). The summed E-state index contributed by atoms with van der Waals surface area (Å²) in [6.07, 6.45) is 1.29. The summed E-state index contributed by atoms with van der Waals surface area (Å²) in [4.78, 5) is 4.60. The van der Waals surface area contributed by atoms with Gasteiger partial charge < -0.3 is 9.30 Å². The Balaban J connectivity index is 2.52. The van der Waals surface area contributed by atoms with Gasteiger partial charge in [0.15, 0.2) is 0 Å². The van der Waals surface area contributed by atoms with Gasteiger partial charge in [-0.3, -0.25) is 0 Å². The molecule has 4 nitrogen and oxygen atoms in total. The van der Waals surface area contributed by atoms with Crippen molar-refractivity contribution >= 4 is 0 Å². The van der Waals surface area contributed by atoms with E-state index in [0.717, 1.165) is 40.5 Å². The van der Waals surface area contributed by atoms with E-state index >= 15 is 0 Å². The fraction of sp³-hybridized carbons (Fsp3) is 0.375. The maximum Gasteiger partial charge on any atom is 0.140 e. The van der Waals surface area contributed by atoms with Crippen LogP contribution >= 0.6 is 0 Å². The van der Waals surface area contributed by atoms with E-state index < -0.39 is 0 Å². The van der Waals surface area contributed by atoms with E-state index in [1.54, 1.807) is 7.11 Å². The number of hydrogen-bond donors (Lipinski definition) is 0. The predicted molar refractivity (Wildman–Crippen MR) is 78.6 cm³/mol. The molecule has 0 N–H and O–H groups in total. The number of nitriles is 1. The number of nitrogens with zero attached hydrogens (tertiary/aromatic N) is 3. The summed E-state index contributed by atoms with van der Waals surface area (Å²) in [7, 11) is 3.64. The number of aryl methyl sites for hydroxylation is 2. The fourth-order valence-electron chi connectivity index (χ4n) is 2.44. The molecule has 0 atom stereocenters. The van der Waals surface area contributed by atoms with Crippen LogP contribution in [0.25, 0.3) is 11.4 Å². The number of ether oxygens (including phenoxy) is 1. The van der Waals surface area contributed by atoms with Crippen molar-refractivity contribution in [2.75, 3.05) is 7.11 Å². The molecule has 2 aromatic rings. The average molecular weight is 269 g/mol. The van der Waals surface area contributed by atoms with Crippen LogP contribution in [0.1, 0.15) is 23.9 Å². The molecule has 0 aliphatic carbocycles. The molecule has 4 heteroatoms. The summed E-state index contributed by atoms with van der Waals surface area (Å²) in [6.45, 7) is 4.05. The maximum atomic E-state index is 8.89. The Morgan fingerprint density at radius 1 is 1.40 bits per heavy atom. The number of rotatable bonds is 4. The van der Waals surface area contributed by atoms with Gasteiger partial charge in [-0.15, -0.1) is 0 Å². The van der Waals surface area contributed by atoms with Gasteiger partial charge in [0.25, 0.3) is 0 Å². The molecule has 0 saturated carbocycles. The van der Waals surface area contributed by atoms with Gasteiger partial charge in [-0.25, -0.2) is 4.98 Å². The van der Waals surface area contributed by atoms with Crippen molar-refractivity contribution in [3.8, 4) is 23.2 Å². The summed E-state index contributed by atoms with van der Waals surface area (Å²) in [5.41, 5.74) is 4.10. The highest BCUT2D eigenvalue weighted by atomic mass is 16.5. The Hall–Kier alpha value is -2.28. The summed E-state index contributed by atoms with van der Waals surface area (Å²) < 4.78 is 7.35. The van der Waals surface area contributed by atoms with E-state index in [9.17, 15) is 0 Å². The summed E-state index contributed by atoms with van der Waals surface area (Å²) >= 11 is 0. The van der Waals surface area contributed by atoms with Gasteiger partial charge in [0.1, 0.15) is 11.6 Å². The van der Waals surface area contributed by atoms with Gasteiger partial charge in [0, 0.05) is 12.6 Å². The van der Waals surface area contributed by atoms with Gasteiger partial charge in [-0.1, -0.05) is 6.92 Å². The van der Waals surface area contributed by atoms with Crippen LogP contribution in [0.4, 0.5) is 0 Å². The first-order valence-corrected chi connectivity index (χ1v) is 6.68. The topological polar surface area (TPSA) is 50.8 Å². The molecule has 0 amide bonds. The zero-order chi connectivity index (χ0) is 14.7. The quantitative estimate of drug-likeness (QED) is 0.857. The maximum absolute atomic E-state index is 8.89. The van der Waals surface area contributed by atoms with Crippen molar-refractivity contribution in [3.63, 3.8) is 0 Å². The van der Waals surface area contributed by atoms with E-state index in [-0.39, 0.29) is 0 Å². The van der Waals surface area contributed by atoms with Crippen LogP contribution in [-0.2, 0) is 19.9 Å². The molecule has 0 spiro atoms. The van der Waals surface area contributed by atoms with Crippen molar-refractivity contribution in [2.45, 2.75) is 26.7 Å². The zero-order valence-electron chi connectivity index (χ0n) is 12.4. The minimum absolute atomic E-state index is 0.381. The van der Waals surface area contributed by atoms with Crippen LogP contribution in [0.5, 0.6) is 5.75 Å². The lowest BCUT2D eigenvalue weighted by Gasteiger charge is -2.09. The molecular weight excluding hydrogens is 250 g/mol. The van der Waals surface area contributed by atoms with Crippen LogP contribution < -0.4 is 4.74 Å². The van der Waals surface area contributed by atoms with Crippen molar-refractivity contribution in [1.82, 2.24) is 9.55 Å². The Bertz CT molecular complexity index is 665. The lowest BCUT2D eigenvalue weighted by atomic mass is 10.1. The molecule has 0 unspecified atom stereocenters. The van der Waals surface area contributed by atoms with Crippen LogP contribution in [0.15, 0.2) is 18.2 Å². The third-order valence-electron chi connectivity index (χ3n) is 3.58. The van der Waals surface area contributed by atoms with Crippen LogP contribution in [0.3, 0.4) is 0 Å². The number of imidazole rings is 1. The third kappa shape index (κ3) is 2.39. The van der Waals surface area contributed by atoms with Crippen molar-refractivity contribution in [3.05, 3.63) is 35.2 Å². The molecule has 0 radical (unpaired) electrons. The third-order valence-corrected chi connectivity index (χ3v) is 3.58. The minimum atomic E-state index is 0.381. The molecule has 0 aliphatic heterocycles. The number of hydrogen-bond acceptors (Lipinski definition) is 3. The molecule has 0 bridgehead atoms. The highest BCUT2D eigenvalue weighted by Crippen LogP contribution is 2.27. The number of benzene rings is 1. The molecule has 0 fully saturated rings. The lowest BCUT2D eigenvalue weighted by molar-refractivity contribution is 0.410. The largest absolute Gasteiger partial charge is 0.496 e. The Labute approximate surface area is 119 Å². The molecule has 1 heterocycles. The predicted octanol–water partition coefficient (Wildman–Crippen LogP) is 3.03. The Morgan fingerprint density at radius 2 is 2.15 bits per heavy atom. The molecule has 1 aromatic carbocycles. The number of aromatic nitrogens is 2. The van der Waals surface area contributed by atoms with Crippen LogP contribution in [0, 0.1) is 18.3 Å². The van der Waals surface area contributed by atoms with Crippen molar-refractivity contribution in [2.24, 2.45) is 7.05 Å². The monoisotopic (exact) mass is 269 g/mol. The highest BCUT2D eigenvalue weighted by molar-refractivity contribution is 5.60. The lowest BCUT2D eigenvalue weighted by Crippen LogP contribution is -1.99. The molecule has 1 aromatic heterocycles. The molecule has 20 heavy (non-hydrogen) atoms. The molecule has 0 saturated heterocycles. The standard InChI is InChI=1S/C16H19N3O/c1-5-12-10-13(6-7-15(12)20-4)16-18-11(2)14(8-9-17)19(16)3/h6-7,10H,5,8H2,1-4H3. The van der Waals surface area contributed by atoms with Gasteiger partial charge >= 0.3 is 0 Å². The van der Waals surface area contributed by atoms with E-state index in [1.165, 1.54) is 0 Å². The first-order valence-electron chi connectivity index (χ1n) is 6.68. The SMILES string of the molecule is CCc1cc(-c2nc(C)c(CC#N)n2C)ccc1OC. The molecular formula is C16H19N3O. The fourth-order valence-corrected chi connectivity index (χ4v) is 2.44. The van der Waals surface area contributed by atoms with Gasteiger partial charge in [0.2, 0.25) is 0 Å². The van der Waals surface area contributed by atoms with Crippen molar-refractivity contribution in [1.29, 1.82) is 5.26 Å². The highest BCUT2D eigenvalue weighted by Gasteiger charge is 2.14. The molecule has 0 aliphatic rings. The Morgan fingerprint density at radius 3 is 2.75 bits per heavy atom. The van der Waals surface area contributed by atoms with Gasteiger partial charge in [-0.05, 0) is 37.1 Å². The smallest absolute Gasteiger partial charge is 0.140 e. The first kappa shape index (κ1) is 14.1. The zero-order valence-corrected chi connectivity index (χ0v) is 12.4. The minimum Gasteiger partial charge on any atom is -0.496 e. The number of methoxy groups -OCH3 is 1. The van der Waals surface area contributed by atoms with Gasteiger partial charge in [0.05, 0.1) is 31.0 Å².